The van der Waals surface area contributed by atoms with E-state index in [0.717, 1.165) is 11.5 Å². The smallest absolute Gasteiger partial charge is 0.00723 e. The first kappa shape index (κ1) is 16.5. The maximum atomic E-state index is 4.51. The maximum Gasteiger partial charge on any atom is 0.00723 e. The lowest BCUT2D eigenvalue weighted by Crippen LogP contribution is -2.10. The molecule has 0 spiro atoms. The second-order valence-electron chi connectivity index (χ2n) is 6.38. The molecule has 2 aromatic rings. The Balaban J connectivity index is 1.99. The molecule has 0 bridgehead atoms. The molecule has 2 aromatic carbocycles. The molecular formula is C19H24S2. The molecule has 112 valence electrons. The third-order valence-electron chi connectivity index (χ3n) is 3.66. The van der Waals surface area contributed by atoms with Crippen molar-refractivity contribution in [1.82, 2.24) is 0 Å². The minimum atomic E-state index is 0.223. The molecular weight excluding hydrogens is 292 g/mol. The van der Waals surface area contributed by atoms with E-state index < -0.39 is 0 Å². The van der Waals surface area contributed by atoms with Gasteiger partial charge in [-0.3, -0.25) is 0 Å². The topological polar surface area (TPSA) is 0 Å². The second kappa shape index (κ2) is 7.42. The van der Waals surface area contributed by atoms with Gasteiger partial charge in [-0.15, -0.1) is 11.8 Å². The zero-order valence-electron chi connectivity index (χ0n) is 13.0. The van der Waals surface area contributed by atoms with E-state index in [9.17, 15) is 0 Å². The summed E-state index contributed by atoms with van der Waals surface area (Å²) in [4.78, 5) is 1.34. The quantitative estimate of drug-likeness (QED) is 0.538. The van der Waals surface area contributed by atoms with Crippen LogP contribution in [0, 0.1) is 0 Å². The Morgan fingerprint density at radius 2 is 1.57 bits per heavy atom. The van der Waals surface area contributed by atoms with Crippen LogP contribution < -0.4 is 0 Å². The Kier molecular flexibility index (Phi) is 5.83. The van der Waals surface area contributed by atoms with Gasteiger partial charge in [-0.1, -0.05) is 63.2 Å². The van der Waals surface area contributed by atoms with Crippen molar-refractivity contribution >= 4 is 24.4 Å². The number of hydrogen-bond donors (Lipinski definition) is 1. The molecule has 0 nitrogen and oxygen atoms in total. The van der Waals surface area contributed by atoms with Gasteiger partial charge in [-0.2, -0.15) is 12.6 Å². The van der Waals surface area contributed by atoms with E-state index >= 15 is 0 Å². The molecule has 0 aromatic heterocycles. The molecule has 2 rings (SSSR count). The second-order valence-corrected chi connectivity index (χ2v) is 7.83. The molecule has 0 saturated carbocycles. The fourth-order valence-corrected chi connectivity index (χ4v) is 3.77. The minimum Gasteiger partial charge on any atom is -0.179 e. The molecule has 0 aliphatic carbocycles. The molecule has 0 heterocycles. The average Bonchev–Trinajstić information content (AvgIpc) is 2.48. The fraction of sp³-hybridized carbons (Fsp3) is 0.368. The molecule has 21 heavy (non-hydrogen) atoms. The SMILES string of the molecule is CC(C)(C)c1ccc(SCC(CS)c2ccccc2)cc1. The van der Waals surface area contributed by atoms with Crippen molar-refractivity contribution in [3.8, 4) is 0 Å². The van der Waals surface area contributed by atoms with E-state index in [1.807, 2.05) is 11.8 Å². The molecule has 2 heteroatoms. The van der Waals surface area contributed by atoms with Crippen LogP contribution in [0.4, 0.5) is 0 Å². The third-order valence-corrected chi connectivity index (χ3v) is 5.28. The van der Waals surface area contributed by atoms with Gasteiger partial charge in [0.1, 0.15) is 0 Å². The zero-order chi connectivity index (χ0) is 15.3. The van der Waals surface area contributed by atoms with Gasteiger partial charge in [0.2, 0.25) is 0 Å². The number of benzene rings is 2. The molecule has 0 aliphatic heterocycles. The summed E-state index contributed by atoms with van der Waals surface area (Å²) < 4.78 is 0. The summed E-state index contributed by atoms with van der Waals surface area (Å²) in [5.74, 6) is 2.46. The number of rotatable bonds is 5. The van der Waals surface area contributed by atoms with Crippen LogP contribution in [0.1, 0.15) is 37.8 Å². The summed E-state index contributed by atoms with van der Waals surface area (Å²) >= 11 is 6.43. The Morgan fingerprint density at radius 1 is 0.952 bits per heavy atom. The highest BCUT2D eigenvalue weighted by molar-refractivity contribution is 7.99. The van der Waals surface area contributed by atoms with Gasteiger partial charge >= 0.3 is 0 Å². The highest BCUT2D eigenvalue weighted by atomic mass is 32.2. The lowest BCUT2D eigenvalue weighted by molar-refractivity contribution is 0.590. The summed E-state index contributed by atoms with van der Waals surface area (Å²) in [5, 5.41) is 0. The third kappa shape index (κ3) is 4.82. The zero-order valence-corrected chi connectivity index (χ0v) is 14.8. The Hall–Kier alpha value is -0.860. The van der Waals surface area contributed by atoms with Crippen LogP contribution in [-0.4, -0.2) is 11.5 Å². The monoisotopic (exact) mass is 316 g/mol. The Bertz CT molecular complexity index is 538. The number of thioether (sulfide) groups is 1. The van der Waals surface area contributed by atoms with E-state index in [4.69, 9.17) is 0 Å². The minimum absolute atomic E-state index is 0.223. The molecule has 0 saturated heterocycles. The van der Waals surface area contributed by atoms with Crippen LogP contribution in [0.2, 0.25) is 0 Å². The first-order valence-corrected chi connectivity index (χ1v) is 9.01. The number of hydrogen-bond acceptors (Lipinski definition) is 2. The highest BCUT2D eigenvalue weighted by Crippen LogP contribution is 2.29. The van der Waals surface area contributed by atoms with Gasteiger partial charge in [-0.25, -0.2) is 0 Å². The molecule has 1 unspecified atom stereocenters. The first-order valence-electron chi connectivity index (χ1n) is 7.40. The normalized spacial score (nSPS) is 13.1. The molecule has 0 radical (unpaired) electrons. The van der Waals surface area contributed by atoms with Crippen molar-refractivity contribution < 1.29 is 0 Å². The van der Waals surface area contributed by atoms with Crippen LogP contribution >= 0.6 is 24.4 Å². The lowest BCUT2D eigenvalue weighted by Gasteiger charge is -2.19. The van der Waals surface area contributed by atoms with E-state index in [-0.39, 0.29) is 5.41 Å². The van der Waals surface area contributed by atoms with Crippen LogP contribution in [-0.2, 0) is 5.41 Å². The van der Waals surface area contributed by atoms with Crippen LogP contribution in [0.3, 0.4) is 0 Å². The van der Waals surface area contributed by atoms with Crippen LogP contribution in [0.5, 0.6) is 0 Å². The van der Waals surface area contributed by atoms with Gasteiger partial charge in [0.15, 0.2) is 0 Å². The van der Waals surface area contributed by atoms with Crippen molar-refractivity contribution in [3.63, 3.8) is 0 Å². The fourth-order valence-electron chi connectivity index (χ4n) is 2.23. The van der Waals surface area contributed by atoms with Gasteiger partial charge in [-0.05, 0) is 34.4 Å². The average molecular weight is 317 g/mol. The van der Waals surface area contributed by atoms with Crippen molar-refractivity contribution in [2.24, 2.45) is 0 Å². The van der Waals surface area contributed by atoms with E-state index in [0.29, 0.717) is 5.92 Å². The van der Waals surface area contributed by atoms with E-state index in [2.05, 4.69) is 88.0 Å². The molecule has 0 fully saturated rings. The van der Waals surface area contributed by atoms with Gasteiger partial charge in [0, 0.05) is 16.6 Å². The standard InChI is InChI=1S/C19H24S2/c1-19(2,3)17-9-11-18(12-10-17)21-14-16(13-20)15-7-5-4-6-8-15/h4-12,16,20H,13-14H2,1-3H3. The molecule has 0 N–H and O–H groups in total. The predicted octanol–water partition coefficient (Wildman–Crippen LogP) is 5.79. The Morgan fingerprint density at radius 3 is 2.10 bits per heavy atom. The van der Waals surface area contributed by atoms with E-state index in [1.54, 1.807) is 0 Å². The lowest BCUT2D eigenvalue weighted by atomic mass is 9.87. The molecule has 0 amide bonds. The summed E-state index contributed by atoms with van der Waals surface area (Å²) in [7, 11) is 0. The van der Waals surface area contributed by atoms with Gasteiger partial charge in [0.05, 0.1) is 0 Å². The van der Waals surface area contributed by atoms with Gasteiger partial charge < -0.3 is 0 Å². The summed E-state index contributed by atoms with van der Waals surface area (Å²) in [6.45, 7) is 6.75. The Labute approximate surface area is 138 Å². The van der Waals surface area contributed by atoms with E-state index in [1.165, 1.54) is 16.0 Å². The molecule has 1 atom stereocenters. The summed E-state index contributed by atoms with van der Waals surface area (Å²) in [6, 6.07) is 19.7. The van der Waals surface area contributed by atoms with Crippen molar-refractivity contribution in [3.05, 3.63) is 65.7 Å². The highest BCUT2D eigenvalue weighted by Gasteiger charge is 2.14. The maximum absolute atomic E-state index is 4.51. The summed E-state index contributed by atoms with van der Waals surface area (Å²) in [5.41, 5.74) is 2.99. The van der Waals surface area contributed by atoms with Crippen molar-refractivity contribution in [2.45, 2.75) is 37.0 Å². The predicted molar refractivity (Wildman–Crippen MR) is 98.9 cm³/mol. The van der Waals surface area contributed by atoms with Crippen molar-refractivity contribution in [1.29, 1.82) is 0 Å². The molecule has 0 aliphatic rings. The van der Waals surface area contributed by atoms with Crippen LogP contribution in [0.15, 0.2) is 59.5 Å². The number of thiol groups is 1. The first-order chi connectivity index (χ1) is 10.0. The van der Waals surface area contributed by atoms with Gasteiger partial charge in [0.25, 0.3) is 0 Å². The van der Waals surface area contributed by atoms with Crippen molar-refractivity contribution in [2.75, 3.05) is 11.5 Å². The largest absolute Gasteiger partial charge is 0.179 e. The summed E-state index contributed by atoms with van der Waals surface area (Å²) in [6.07, 6.45) is 0. The van der Waals surface area contributed by atoms with Crippen LogP contribution in [0.25, 0.3) is 0 Å².